The summed E-state index contributed by atoms with van der Waals surface area (Å²) in [6, 6.07) is 49.1. The maximum atomic E-state index is 2.42. The van der Waals surface area contributed by atoms with Gasteiger partial charge in [-0.15, -0.1) is 0 Å². The Hall–Kier alpha value is -5.14. The number of rotatable bonds is 6. The fourth-order valence-corrected chi connectivity index (χ4v) is 7.40. The molecule has 6 aromatic carbocycles. The van der Waals surface area contributed by atoms with Crippen molar-refractivity contribution in [3.8, 4) is 22.3 Å². The number of hydrogen-bond donors (Lipinski definition) is 0. The molecule has 0 aliphatic heterocycles. The first-order valence-corrected chi connectivity index (χ1v) is 17.1. The van der Waals surface area contributed by atoms with E-state index in [4.69, 9.17) is 0 Å². The molecule has 0 heterocycles. The van der Waals surface area contributed by atoms with Gasteiger partial charge in [-0.2, -0.15) is 0 Å². The minimum absolute atomic E-state index is 0.122. The number of benzene rings is 6. The Labute approximate surface area is 287 Å². The van der Waals surface area contributed by atoms with E-state index >= 15 is 0 Å². The summed E-state index contributed by atoms with van der Waals surface area (Å²) in [6.45, 7) is 16.0. The molecule has 0 N–H and O–H groups in total. The molecule has 0 saturated carbocycles. The van der Waals surface area contributed by atoms with Crippen LogP contribution in [0.25, 0.3) is 34.4 Å². The first-order valence-electron chi connectivity index (χ1n) is 17.1. The number of fused-ring (bicyclic) bond motifs is 3. The molecule has 7 rings (SSSR count). The smallest absolute Gasteiger partial charge is 0.0490 e. The van der Waals surface area contributed by atoms with Crippen molar-refractivity contribution in [1.29, 1.82) is 0 Å². The molecular formula is C47H45N. The Kier molecular flexibility index (Phi) is 7.96. The third kappa shape index (κ3) is 5.79. The van der Waals surface area contributed by atoms with E-state index < -0.39 is 0 Å². The van der Waals surface area contributed by atoms with Gasteiger partial charge in [-0.1, -0.05) is 150 Å². The zero-order valence-corrected chi connectivity index (χ0v) is 29.3. The van der Waals surface area contributed by atoms with E-state index in [0.29, 0.717) is 0 Å². The van der Waals surface area contributed by atoms with Gasteiger partial charge in [0.2, 0.25) is 0 Å². The topological polar surface area (TPSA) is 3.24 Å². The van der Waals surface area contributed by atoms with Gasteiger partial charge in [0.25, 0.3) is 0 Å². The van der Waals surface area contributed by atoms with Crippen LogP contribution in [0, 0.1) is 13.8 Å². The Morgan fingerprint density at radius 3 is 1.77 bits per heavy atom. The number of hydrogen-bond acceptors (Lipinski definition) is 1. The molecule has 0 aromatic heterocycles. The minimum atomic E-state index is -0.137. The highest BCUT2D eigenvalue weighted by molar-refractivity contribution is 5.87. The lowest BCUT2D eigenvalue weighted by molar-refractivity contribution is 0.586. The number of aryl methyl sites for hydroxylation is 2. The molecule has 0 radical (unpaired) electrons. The van der Waals surface area contributed by atoms with Gasteiger partial charge < -0.3 is 4.90 Å². The second-order valence-corrected chi connectivity index (χ2v) is 14.9. The number of para-hydroxylation sites is 1. The van der Waals surface area contributed by atoms with Crippen LogP contribution in [0.5, 0.6) is 0 Å². The molecule has 0 saturated heterocycles. The molecule has 1 aliphatic rings. The quantitative estimate of drug-likeness (QED) is 0.167. The molecule has 0 fully saturated rings. The summed E-state index contributed by atoms with van der Waals surface area (Å²) in [7, 11) is 0. The zero-order chi connectivity index (χ0) is 33.6. The van der Waals surface area contributed by atoms with Crippen LogP contribution in [0.4, 0.5) is 17.1 Å². The molecule has 48 heavy (non-hydrogen) atoms. The fourth-order valence-electron chi connectivity index (χ4n) is 7.40. The summed E-state index contributed by atoms with van der Waals surface area (Å²) in [5, 5.41) is 0. The van der Waals surface area contributed by atoms with Crippen molar-refractivity contribution in [2.24, 2.45) is 0 Å². The molecule has 6 aromatic rings. The predicted molar refractivity (Wildman–Crippen MR) is 208 cm³/mol. The fraction of sp³-hybridized carbons (Fsp3) is 0.191. The zero-order valence-electron chi connectivity index (χ0n) is 29.3. The van der Waals surface area contributed by atoms with Crippen LogP contribution in [0.1, 0.15) is 73.6 Å². The van der Waals surface area contributed by atoms with Crippen LogP contribution in [-0.2, 0) is 10.8 Å². The van der Waals surface area contributed by atoms with Crippen molar-refractivity contribution in [2.45, 2.75) is 59.3 Å². The summed E-state index contributed by atoms with van der Waals surface area (Å²) >= 11 is 0. The molecular weight excluding hydrogens is 579 g/mol. The number of nitrogens with zero attached hydrogens (tertiary/aromatic N) is 1. The molecule has 0 amide bonds. The van der Waals surface area contributed by atoms with E-state index in [1.54, 1.807) is 0 Å². The summed E-state index contributed by atoms with van der Waals surface area (Å²) in [5.41, 5.74) is 17.8. The molecule has 0 atom stereocenters. The van der Waals surface area contributed by atoms with Crippen molar-refractivity contribution < 1.29 is 0 Å². The largest absolute Gasteiger partial charge is 0.310 e. The Morgan fingerprint density at radius 2 is 1.08 bits per heavy atom. The molecule has 1 nitrogen and oxygen atoms in total. The summed E-state index contributed by atoms with van der Waals surface area (Å²) in [5.74, 6) is 0. The normalized spacial score (nSPS) is 13.4. The average molecular weight is 624 g/mol. The maximum Gasteiger partial charge on any atom is 0.0490 e. The van der Waals surface area contributed by atoms with Crippen LogP contribution < -0.4 is 4.90 Å². The van der Waals surface area contributed by atoms with Gasteiger partial charge in [-0.3, -0.25) is 0 Å². The molecule has 238 valence electrons. The van der Waals surface area contributed by atoms with E-state index in [9.17, 15) is 0 Å². The van der Waals surface area contributed by atoms with E-state index in [2.05, 4.69) is 199 Å². The lowest BCUT2D eigenvalue weighted by Gasteiger charge is -2.29. The van der Waals surface area contributed by atoms with Gasteiger partial charge in [0.1, 0.15) is 0 Å². The molecule has 0 unspecified atom stereocenters. The van der Waals surface area contributed by atoms with Gasteiger partial charge >= 0.3 is 0 Å². The highest BCUT2D eigenvalue weighted by atomic mass is 15.1. The molecule has 0 spiro atoms. The van der Waals surface area contributed by atoms with Crippen LogP contribution in [0.2, 0.25) is 0 Å². The van der Waals surface area contributed by atoms with Gasteiger partial charge in [0.05, 0.1) is 0 Å². The van der Waals surface area contributed by atoms with Crippen LogP contribution in [0.3, 0.4) is 0 Å². The van der Waals surface area contributed by atoms with Crippen molar-refractivity contribution in [1.82, 2.24) is 0 Å². The lowest BCUT2D eigenvalue weighted by atomic mass is 9.81. The van der Waals surface area contributed by atoms with Crippen molar-refractivity contribution >= 4 is 29.2 Å². The van der Waals surface area contributed by atoms with Crippen LogP contribution >= 0.6 is 0 Å². The monoisotopic (exact) mass is 623 g/mol. The second kappa shape index (κ2) is 12.1. The standard InChI is InChI=1S/C47H45N/c1-32-17-18-34(29-42(32)46(3,4)5)19-20-35-21-27-40-41-28-26-39(31-44(41)47(6,7)43(40)30-35)48(45-16-12-11-13-33(45)2)38-24-22-37(23-25-38)36-14-9-8-10-15-36/h8-31H,1-7H3. The lowest BCUT2D eigenvalue weighted by Crippen LogP contribution is -2.17. The summed E-state index contributed by atoms with van der Waals surface area (Å²) in [4.78, 5) is 2.41. The van der Waals surface area contributed by atoms with Gasteiger partial charge in [0, 0.05) is 22.5 Å². The Morgan fingerprint density at radius 1 is 0.521 bits per heavy atom. The average Bonchev–Trinajstić information content (AvgIpc) is 3.31. The summed E-state index contributed by atoms with van der Waals surface area (Å²) in [6.07, 6.45) is 4.52. The first-order chi connectivity index (χ1) is 23.0. The highest BCUT2D eigenvalue weighted by Crippen LogP contribution is 2.51. The summed E-state index contributed by atoms with van der Waals surface area (Å²) < 4.78 is 0. The van der Waals surface area contributed by atoms with E-state index in [-0.39, 0.29) is 10.8 Å². The Bertz CT molecular complexity index is 2140. The third-order valence-electron chi connectivity index (χ3n) is 10.1. The molecule has 1 heteroatoms. The van der Waals surface area contributed by atoms with Crippen molar-refractivity contribution in [3.63, 3.8) is 0 Å². The van der Waals surface area contributed by atoms with E-state index in [1.165, 1.54) is 72.6 Å². The molecule has 0 bridgehead atoms. The predicted octanol–water partition coefficient (Wildman–Crippen LogP) is 13.2. The SMILES string of the molecule is Cc1ccccc1N(c1ccc(-c2ccccc2)cc1)c1ccc2c(c1)C(C)(C)c1cc(C=Cc3ccc(C)c(C(C)(C)C)c3)ccc1-2. The first kappa shape index (κ1) is 31.5. The maximum absolute atomic E-state index is 2.42. The second-order valence-electron chi connectivity index (χ2n) is 14.9. The minimum Gasteiger partial charge on any atom is -0.310 e. The van der Waals surface area contributed by atoms with Gasteiger partial charge in [0.15, 0.2) is 0 Å². The molecule has 1 aliphatic carbocycles. The van der Waals surface area contributed by atoms with Crippen molar-refractivity contribution in [2.75, 3.05) is 4.90 Å². The van der Waals surface area contributed by atoms with Crippen LogP contribution in [0.15, 0.2) is 133 Å². The number of anilines is 3. The van der Waals surface area contributed by atoms with E-state index in [1.807, 2.05) is 0 Å². The Balaban J connectivity index is 1.25. The van der Waals surface area contributed by atoms with Gasteiger partial charge in [-0.25, -0.2) is 0 Å². The van der Waals surface area contributed by atoms with Crippen LogP contribution in [-0.4, -0.2) is 0 Å². The highest BCUT2D eigenvalue weighted by Gasteiger charge is 2.36. The van der Waals surface area contributed by atoms with E-state index in [0.717, 1.165) is 5.69 Å². The third-order valence-corrected chi connectivity index (χ3v) is 10.1. The van der Waals surface area contributed by atoms with Gasteiger partial charge in [-0.05, 0) is 111 Å². The van der Waals surface area contributed by atoms with Crippen molar-refractivity contribution in [3.05, 3.63) is 172 Å².